The van der Waals surface area contributed by atoms with Crippen LogP contribution in [-0.4, -0.2) is 25.5 Å². The minimum absolute atomic E-state index is 0.0504. The first-order valence-electron chi connectivity index (χ1n) is 6.27. The van der Waals surface area contributed by atoms with E-state index < -0.39 is 0 Å². The molecule has 0 atom stereocenters. The molecule has 2 heterocycles. The molecule has 2 aromatic heterocycles. The van der Waals surface area contributed by atoms with E-state index in [1.807, 2.05) is 18.2 Å². The molecule has 0 saturated heterocycles. The highest BCUT2D eigenvalue weighted by atomic mass is 16.3. The van der Waals surface area contributed by atoms with E-state index >= 15 is 0 Å². The molecule has 0 fully saturated rings. The van der Waals surface area contributed by atoms with Gasteiger partial charge < -0.3 is 15.0 Å². The van der Waals surface area contributed by atoms with Gasteiger partial charge in [-0.05, 0) is 18.2 Å². The van der Waals surface area contributed by atoms with Crippen molar-refractivity contribution in [2.45, 2.75) is 0 Å². The second kappa shape index (κ2) is 5.46. The van der Waals surface area contributed by atoms with E-state index in [0.29, 0.717) is 5.69 Å². The van der Waals surface area contributed by atoms with Crippen LogP contribution in [0.25, 0.3) is 5.69 Å². The van der Waals surface area contributed by atoms with Crippen LogP contribution in [0.2, 0.25) is 0 Å². The summed E-state index contributed by atoms with van der Waals surface area (Å²) in [6.07, 6.45) is 7.78. The molecule has 0 radical (unpaired) electrons. The van der Waals surface area contributed by atoms with Gasteiger partial charge in [-0.3, -0.25) is 9.78 Å². The maximum Gasteiger partial charge on any atom is 0.257 e. The van der Waals surface area contributed by atoms with E-state index in [9.17, 15) is 9.90 Å². The molecule has 104 valence electrons. The quantitative estimate of drug-likeness (QED) is 0.771. The molecule has 0 spiro atoms. The molecule has 0 aliphatic heterocycles. The molecule has 6 nitrogen and oxygen atoms in total. The zero-order chi connectivity index (χ0) is 14.7. The molecule has 2 N–H and O–H groups in total. The number of carbonyl (C=O) groups is 1. The number of aromatic nitrogens is 3. The van der Waals surface area contributed by atoms with Gasteiger partial charge in [-0.1, -0.05) is 12.1 Å². The van der Waals surface area contributed by atoms with Crippen molar-refractivity contribution in [3.8, 4) is 11.4 Å². The first-order valence-corrected chi connectivity index (χ1v) is 6.27. The predicted octanol–water partition coefficient (Wildman–Crippen LogP) is 2.23. The summed E-state index contributed by atoms with van der Waals surface area (Å²) < 4.78 is 1.80. The Bertz CT molecular complexity index is 769. The number of para-hydroxylation sites is 2. The Morgan fingerprint density at radius 2 is 2.05 bits per heavy atom. The first kappa shape index (κ1) is 12.9. The fourth-order valence-electron chi connectivity index (χ4n) is 1.95. The van der Waals surface area contributed by atoms with E-state index in [-0.39, 0.29) is 17.2 Å². The van der Waals surface area contributed by atoms with Crippen molar-refractivity contribution in [2.24, 2.45) is 0 Å². The Morgan fingerprint density at radius 1 is 1.19 bits per heavy atom. The van der Waals surface area contributed by atoms with Crippen LogP contribution in [0, 0.1) is 0 Å². The Labute approximate surface area is 120 Å². The Hall–Kier alpha value is -3.15. The van der Waals surface area contributed by atoms with Crippen LogP contribution >= 0.6 is 0 Å². The number of pyridine rings is 1. The van der Waals surface area contributed by atoms with Crippen LogP contribution in [0.5, 0.6) is 5.75 Å². The van der Waals surface area contributed by atoms with Crippen LogP contribution in [0.4, 0.5) is 5.69 Å². The Morgan fingerprint density at radius 3 is 2.81 bits per heavy atom. The van der Waals surface area contributed by atoms with Crippen LogP contribution < -0.4 is 5.32 Å². The summed E-state index contributed by atoms with van der Waals surface area (Å²) in [6, 6.07) is 8.74. The minimum atomic E-state index is -0.342. The third-order valence-electron chi connectivity index (χ3n) is 2.92. The Balaban J connectivity index is 1.90. The summed E-state index contributed by atoms with van der Waals surface area (Å²) in [5.41, 5.74) is 1.73. The average Bonchev–Trinajstić information content (AvgIpc) is 3.02. The number of carbonyl (C=O) groups excluding carboxylic acids is 1. The number of aromatic hydroxyl groups is 1. The predicted molar refractivity (Wildman–Crippen MR) is 77.4 cm³/mol. The lowest BCUT2D eigenvalue weighted by Crippen LogP contribution is -2.13. The van der Waals surface area contributed by atoms with Crippen molar-refractivity contribution in [1.29, 1.82) is 0 Å². The molecule has 1 aromatic carbocycles. The van der Waals surface area contributed by atoms with Crippen LogP contribution in [0.1, 0.15) is 10.4 Å². The number of amides is 1. The lowest BCUT2D eigenvalue weighted by Gasteiger charge is -2.11. The molecule has 0 bridgehead atoms. The first-order chi connectivity index (χ1) is 10.2. The SMILES string of the molecule is O=C(Nc1ccccc1-n1ccnc1)c1cncc(O)c1. The number of hydrogen-bond donors (Lipinski definition) is 2. The molecule has 0 saturated carbocycles. The molecular weight excluding hydrogens is 268 g/mol. The minimum Gasteiger partial charge on any atom is -0.506 e. The van der Waals surface area contributed by atoms with Crippen LogP contribution in [0.15, 0.2) is 61.4 Å². The summed E-state index contributed by atoms with van der Waals surface area (Å²) in [6.45, 7) is 0. The van der Waals surface area contributed by atoms with Crippen molar-refractivity contribution in [3.05, 3.63) is 67.0 Å². The van der Waals surface area contributed by atoms with Crippen molar-refractivity contribution < 1.29 is 9.90 Å². The average molecular weight is 280 g/mol. The van der Waals surface area contributed by atoms with Gasteiger partial charge in [0.2, 0.25) is 0 Å². The lowest BCUT2D eigenvalue weighted by molar-refractivity contribution is 0.102. The molecule has 3 aromatic rings. The van der Waals surface area contributed by atoms with Gasteiger partial charge in [0.15, 0.2) is 0 Å². The van der Waals surface area contributed by atoms with Crippen LogP contribution in [0.3, 0.4) is 0 Å². The highest BCUT2D eigenvalue weighted by molar-refractivity contribution is 6.05. The highest BCUT2D eigenvalue weighted by Gasteiger charge is 2.10. The maximum atomic E-state index is 12.2. The number of rotatable bonds is 3. The van der Waals surface area contributed by atoms with Gasteiger partial charge >= 0.3 is 0 Å². The summed E-state index contributed by atoms with van der Waals surface area (Å²) in [4.78, 5) is 20.0. The van der Waals surface area contributed by atoms with E-state index in [0.717, 1.165) is 5.69 Å². The second-order valence-electron chi connectivity index (χ2n) is 4.37. The highest BCUT2D eigenvalue weighted by Crippen LogP contribution is 2.20. The third-order valence-corrected chi connectivity index (χ3v) is 2.92. The van der Waals surface area contributed by atoms with Gasteiger partial charge in [-0.2, -0.15) is 0 Å². The fourth-order valence-corrected chi connectivity index (χ4v) is 1.95. The molecule has 1 amide bonds. The standard InChI is InChI=1S/C15H12N4O2/c20-12-7-11(8-17-9-12)15(21)18-13-3-1-2-4-14(13)19-6-5-16-10-19/h1-10,20H,(H,18,21). The number of anilines is 1. The number of benzene rings is 1. The number of nitrogens with one attached hydrogen (secondary N) is 1. The van der Waals surface area contributed by atoms with E-state index in [2.05, 4.69) is 15.3 Å². The third kappa shape index (κ3) is 2.74. The fraction of sp³-hybridized carbons (Fsp3) is 0. The van der Waals surface area contributed by atoms with Crippen molar-refractivity contribution in [3.63, 3.8) is 0 Å². The summed E-state index contributed by atoms with van der Waals surface area (Å²) in [5.74, 6) is -0.392. The van der Waals surface area contributed by atoms with Gasteiger partial charge in [0.25, 0.3) is 5.91 Å². The van der Waals surface area contributed by atoms with Gasteiger partial charge in [-0.15, -0.1) is 0 Å². The number of hydrogen-bond acceptors (Lipinski definition) is 4. The molecule has 0 unspecified atom stereocenters. The molecular formula is C15H12N4O2. The second-order valence-corrected chi connectivity index (χ2v) is 4.37. The van der Waals surface area contributed by atoms with Crippen molar-refractivity contribution in [2.75, 3.05) is 5.32 Å². The maximum absolute atomic E-state index is 12.2. The molecule has 6 heteroatoms. The monoisotopic (exact) mass is 280 g/mol. The molecule has 0 aliphatic carbocycles. The topological polar surface area (TPSA) is 80.0 Å². The smallest absolute Gasteiger partial charge is 0.257 e. The van der Waals surface area contributed by atoms with Crippen molar-refractivity contribution >= 4 is 11.6 Å². The van der Waals surface area contributed by atoms with E-state index in [4.69, 9.17) is 0 Å². The van der Waals surface area contributed by atoms with Gasteiger partial charge in [0.1, 0.15) is 5.75 Å². The van der Waals surface area contributed by atoms with E-state index in [1.54, 1.807) is 29.4 Å². The Kier molecular flexibility index (Phi) is 3.34. The van der Waals surface area contributed by atoms with Crippen LogP contribution in [-0.2, 0) is 0 Å². The molecule has 0 aliphatic rings. The lowest BCUT2D eigenvalue weighted by atomic mass is 10.2. The van der Waals surface area contributed by atoms with Gasteiger partial charge in [0, 0.05) is 18.6 Å². The summed E-state index contributed by atoms with van der Waals surface area (Å²) in [7, 11) is 0. The van der Waals surface area contributed by atoms with Crippen molar-refractivity contribution in [1.82, 2.24) is 14.5 Å². The normalized spacial score (nSPS) is 10.3. The summed E-state index contributed by atoms with van der Waals surface area (Å²) in [5, 5.41) is 12.2. The zero-order valence-electron chi connectivity index (χ0n) is 11.0. The zero-order valence-corrected chi connectivity index (χ0v) is 11.0. The van der Waals surface area contributed by atoms with E-state index in [1.165, 1.54) is 18.5 Å². The summed E-state index contributed by atoms with van der Waals surface area (Å²) >= 11 is 0. The largest absolute Gasteiger partial charge is 0.506 e. The molecule has 3 rings (SSSR count). The van der Waals surface area contributed by atoms with Gasteiger partial charge in [-0.25, -0.2) is 4.98 Å². The molecule has 21 heavy (non-hydrogen) atoms. The van der Waals surface area contributed by atoms with Gasteiger partial charge in [0.05, 0.1) is 29.5 Å². The number of imidazole rings is 1. The number of nitrogens with zero attached hydrogens (tertiary/aromatic N) is 3.